The van der Waals surface area contributed by atoms with E-state index in [9.17, 15) is 14.7 Å². The summed E-state index contributed by atoms with van der Waals surface area (Å²) in [4.78, 5) is 27.9. The van der Waals surface area contributed by atoms with Crippen LogP contribution in [0.4, 0.5) is 0 Å². The second-order valence-corrected chi connectivity index (χ2v) is 6.38. The lowest BCUT2D eigenvalue weighted by Crippen LogP contribution is -2.34. The Morgan fingerprint density at radius 3 is 2.52 bits per heavy atom. The average Bonchev–Trinajstić information content (AvgIpc) is 3.02. The van der Waals surface area contributed by atoms with E-state index >= 15 is 0 Å². The molecule has 2 aromatic rings. The number of rotatable bonds is 7. The number of nitrogens with zero attached hydrogens (tertiary/aromatic N) is 2. The van der Waals surface area contributed by atoms with Gasteiger partial charge < -0.3 is 14.9 Å². The lowest BCUT2D eigenvalue weighted by atomic mass is 10.0. The van der Waals surface area contributed by atoms with Gasteiger partial charge in [0.1, 0.15) is 0 Å². The van der Waals surface area contributed by atoms with Crippen LogP contribution in [-0.4, -0.2) is 27.1 Å². The van der Waals surface area contributed by atoms with E-state index in [1.807, 2.05) is 33.8 Å². The summed E-state index contributed by atoms with van der Waals surface area (Å²) in [6, 6.07) is 4.26. The van der Waals surface area contributed by atoms with Gasteiger partial charge in [-0.2, -0.15) is 4.98 Å². The Balaban J connectivity index is 2.00. The fraction of sp³-hybridized carbons (Fsp3) is 0.444. The van der Waals surface area contributed by atoms with Crippen molar-refractivity contribution in [2.75, 3.05) is 0 Å². The Bertz CT molecular complexity index is 767. The molecule has 0 saturated carbocycles. The summed E-state index contributed by atoms with van der Waals surface area (Å²) in [6.45, 7) is 7.75. The van der Waals surface area contributed by atoms with E-state index < -0.39 is 12.0 Å². The van der Waals surface area contributed by atoms with Crippen molar-refractivity contribution in [2.24, 2.45) is 0 Å². The maximum atomic E-state index is 12.1. The molecule has 0 fully saturated rings. The summed E-state index contributed by atoms with van der Waals surface area (Å²) in [6.07, 6.45) is 0.346. The molecule has 1 heterocycles. The minimum atomic E-state index is -1.10. The molecule has 0 spiro atoms. The molecule has 0 bridgehead atoms. The van der Waals surface area contributed by atoms with E-state index in [1.54, 1.807) is 12.1 Å². The smallest absolute Gasteiger partial charge is 0.330 e. The van der Waals surface area contributed by atoms with E-state index in [1.165, 1.54) is 0 Å². The lowest BCUT2D eigenvalue weighted by Gasteiger charge is -2.16. The number of aliphatic carboxylic acids is 1. The molecular weight excluding hydrogens is 322 g/mol. The highest BCUT2D eigenvalue weighted by molar-refractivity contribution is 5.84. The number of carbonyl (C=O) groups is 2. The zero-order valence-corrected chi connectivity index (χ0v) is 14.9. The topological polar surface area (TPSA) is 105 Å². The summed E-state index contributed by atoms with van der Waals surface area (Å²) < 4.78 is 5.08. The molecule has 1 amide bonds. The third-order valence-electron chi connectivity index (χ3n) is 3.98. The van der Waals surface area contributed by atoms with Gasteiger partial charge in [-0.3, -0.25) is 4.79 Å². The molecule has 25 heavy (non-hydrogen) atoms. The third-order valence-corrected chi connectivity index (χ3v) is 3.98. The number of benzene rings is 1. The van der Waals surface area contributed by atoms with Gasteiger partial charge in [-0.15, -0.1) is 0 Å². The fourth-order valence-electron chi connectivity index (χ4n) is 2.29. The number of amides is 1. The van der Waals surface area contributed by atoms with Crippen LogP contribution in [0.3, 0.4) is 0 Å². The summed E-state index contributed by atoms with van der Waals surface area (Å²) >= 11 is 0. The summed E-state index contributed by atoms with van der Waals surface area (Å²) in [5.41, 5.74) is 2.59. The van der Waals surface area contributed by atoms with Crippen molar-refractivity contribution in [1.29, 1.82) is 0 Å². The number of carboxylic acids is 1. The zero-order chi connectivity index (χ0) is 18.6. The van der Waals surface area contributed by atoms with Crippen molar-refractivity contribution in [2.45, 2.75) is 52.5 Å². The zero-order valence-electron chi connectivity index (χ0n) is 14.9. The first kappa shape index (κ1) is 18.6. The number of hydrogen-bond acceptors (Lipinski definition) is 5. The van der Waals surface area contributed by atoms with Crippen molar-refractivity contribution in [3.05, 3.63) is 46.6 Å². The second kappa shape index (κ2) is 7.92. The number of nitrogens with one attached hydrogen (secondary N) is 1. The number of carboxylic acid groups (broad SMARTS) is 1. The number of aryl methyl sites for hydroxylation is 3. The van der Waals surface area contributed by atoms with Gasteiger partial charge in [-0.1, -0.05) is 37.2 Å². The molecule has 2 N–H and O–H groups in total. The Morgan fingerprint density at radius 2 is 1.96 bits per heavy atom. The highest BCUT2D eigenvalue weighted by Crippen LogP contribution is 2.18. The molecule has 0 saturated heterocycles. The van der Waals surface area contributed by atoms with Crippen LogP contribution < -0.4 is 5.32 Å². The van der Waals surface area contributed by atoms with Crippen molar-refractivity contribution >= 4 is 11.9 Å². The number of aromatic nitrogens is 2. The maximum Gasteiger partial charge on any atom is 0.330 e. The predicted molar refractivity (Wildman–Crippen MR) is 91.1 cm³/mol. The van der Waals surface area contributed by atoms with Crippen LogP contribution in [0.2, 0.25) is 0 Å². The van der Waals surface area contributed by atoms with Gasteiger partial charge in [0.2, 0.25) is 11.8 Å². The Morgan fingerprint density at radius 1 is 1.24 bits per heavy atom. The minimum absolute atomic E-state index is 0.0777. The first-order chi connectivity index (χ1) is 11.8. The van der Waals surface area contributed by atoms with Crippen LogP contribution in [0.1, 0.15) is 60.6 Å². The molecule has 1 atom stereocenters. The van der Waals surface area contributed by atoms with Crippen molar-refractivity contribution in [3.8, 4) is 0 Å². The number of carbonyl (C=O) groups excluding carboxylic acids is 1. The monoisotopic (exact) mass is 345 g/mol. The molecule has 2 rings (SSSR count). The standard InChI is InChI=1S/C18H23N3O4/c1-10(2)17-20-15(25-21-17)8-7-14(22)19-16(18(23)24)13-6-5-11(3)12(4)9-13/h5-6,9-10,16H,7-8H2,1-4H3,(H,19,22)(H,23,24). The summed E-state index contributed by atoms with van der Waals surface area (Å²) in [7, 11) is 0. The van der Waals surface area contributed by atoms with E-state index in [0.717, 1.165) is 11.1 Å². The summed E-state index contributed by atoms with van der Waals surface area (Å²) in [5.74, 6) is -0.371. The molecule has 134 valence electrons. The molecule has 7 nitrogen and oxygen atoms in total. The van der Waals surface area contributed by atoms with Gasteiger partial charge in [-0.25, -0.2) is 4.79 Å². The van der Waals surface area contributed by atoms with E-state index in [4.69, 9.17) is 4.52 Å². The molecule has 0 aliphatic carbocycles. The van der Waals surface area contributed by atoms with Crippen molar-refractivity contribution in [3.63, 3.8) is 0 Å². The van der Waals surface area contributed by atoms with Crippen LogP contribution >= 0.6 is 0 Å². The van der Waals surface area contributed by atoms with Crippen LogP contribution in [0.25, 0.3) is 0 Å². The van der Waals surface area contributed by atoms with Gasteiger partial charge in [0, 0.05) is 18.8 Å². The van der Waals surface area contributed by atoms with E-state index in [0.29, 0.717) is 17.3 Å². The van der Waals surface area contributed by atoms with Crippen LogP contribution in [0.5, 0.6) is 0 Å². The molecule has 7 heteroatoms. The van der Waals surface area contributed by atoms with Crippen molar-refractivity contribution < 1.29 is 19.2 Å². The first-order valence-corrected chi connectivity index (χ1v) is 8.19. The molecule has 1 aromatic carbocycles. The molecule has 1 aromatic heterocycles. The highest BCUT2D eigenvalue weighted by atomic mass is 16.5. The Kier molecular flexibility index (Phi) is 5.90. The normalized spacial score (nSPS) is 12.2. The van der Waals surface area contributed by atoms with Gasteiger partial charge >= 0.3 is 5.97 Å². The quantitative estimate of drug-likeness (QED) is 0.799. The van der Waals surface area contributed by atoms with E-state index in [2.05, 4.69) is 15.5 Å². The van der Waals surface area contributed by atoms with E-state index in [-0.39, 0.29) is 24.7 Å². The molecule has 0 aliphatic rings. The molecule has 0 radical (unpaired) electrons. The number of hydrogen-bond donors (Lipinski definition) is 2. The highest BCUT2D eigenvalue weighted by Gasteiger charge is 2.22. The van der Waals surface area contributed by atoms with Crippen molar-refractivity contribution in [1.82, 2.24) is 15.5 Å². The predicted octanol–water partition coefficient (Wildman–Crippen LogP) is 2.68. The second-order valence-electron chi connectivity index (χ2n) is 6.38. The first-order valence-electron chi connectivity index (χ1n) is 8.19. The largest absolute Gasteiger partial charge is 0.479 e. The molecule has 0 aliphatic heterocycles. The van der Waals surface area contributed by atoms with Gasteiger partial charge in [0.15, 0.2) is 11.9 Å². The molecular formula is C18H23N3O4. The van der Waals surface area contributed by atoms with Crippen LogP contribution in [0.15, 0.2) is 22.7 Å². The fourth-order valence-corrected chi connectivity index (χ4v) is 2.29. The average molecular weight is 345 g/mol. The van der Waals surface area contributed by atoms with Gasteiger partial charge in [-0.05, 0) is 30.5 Å². The maximum absolute atomic E-state index is 12.1. The third kappa shape index (κ3) is 4.89. The SMILES string of the molecule is Cc1ccc(C(NC(=O)CCc2nc(C(C)C)no2)C(=O)O)cc1C. The van der Waals surface area contributed by atoms with Crippen LogP contribution in [-0.2, 0) is 16.0 Å². The Hall–Kier alpha value is -2.70. The minimum Gasteiger partial charge on any atom is -0.479 e. The van der Waals surface area contributed by atoms with Gasteiger partial charge in [0.25, 0.3) is 0 Å². The molecule has 1 unspecified atom stereocenters. The van der Waals surface area contributed by atoms with Crippen LogP contribution in [0, 0.1) is 13.8 Å². The lowest BCUT2D eigenvalue weighted by molar-refractivity contribution is -0.142. The Labute approximate surface area is 146 Å². The summed E-state index contributed by atoms with van der Waals surface area (Å²) in [5, 5.41) is 15.8. The van der Waals surface area contributed by atoms with Gasteiger partial charge in [0.05, 0.1) is 0 Å².